The number of thioether (sulfide) groups is 1. The maximum Gasteiger partial charge on any atom is 0.276 e. The second-order valence-corrected chi connectivity index (χ2v) is 11.9. The maximum absolute atomic E-state index is 13.2. The normalized spacial score (nSPS) is 18.2. The monoisotopic (exact) mass is 635 g/mol. The highest BCUT2D eigenvalue weighted by molar-refractivity contribution is 8.00. The molecule has 2 atom stereocenters. The Bertz CT molecular complexity index is 1890. The smallest absolute Gasteiger partial charge is 0.276 e. The fourth-order valence-electron chi connectivity index (χ4n) is 5.09. The Morgan fingerprint density at radius 3 is 2.89 bits per heavy atom. The molecule has 0 radical (unpaired) electrons. The quantitative estimate of drug-likeness (QED) is 0.0567. The molecule has 0 unspecified atom stereocenters. The Morgan fingerprint density at radius 1 is 1.39 bits per heavy atom. The van der Waals surface area contributed by atoms with E-state index in [1.807, 2.05) is 39.9 Å². The molecule has 0 bridgehead atoms. The van der Waals surface area contributed by atoms with Gasteiger partial charge in [-0.25, -0.2) is 4.98 Å². The molecule has 2 aliphatic heterocycles. The molecule has 1 saturated heterocycles. The Morgan fingerprint density at radius 2 is 2.20 bits per heavy atom. The molecule has 4 aromatic rings. The number of carbonyl (C=O) groups is 3. The number of fused-ring (bicyclic) bond motifs is 2. The second-order valence-electron chi connectivity index (χ2n) is 9.91. The SMILES string of the molecule is CO/N=C(\C(=O)N[C@@H]1C(=O)N2C(C(=O)[O-])=C(C[n+]3ccc4ccn(Cc5cc(C(=N)N)co5)c4c3)CS[C@H]12)c1csc(N)n1. The highest BCUT2D eigenvalue weighted by atomic mass is 32.2. The topological polar surface area (TPSA) is 222 Å². The summed E-state index contributed by atoms with van der Waals surface area (Å²) in [5.41, 5.74) is 12.9. The number of hydrogen-bond acceptors (Lipinski definition) is 12. The third-order valence-corrected chi connectivity index (χ3v) is 9.14. The molecule has 0 spiro atoms. The summed E-state index contributed by atoms with van der Waals surface area (Å²) < 4.78 is 9.34. The number of β-lactam (4-membered cyclic amide) rings is 1. The zero-order chi connectivity index (χ0) is 31.1. The van der Waals surface area contributed by atoms with Gasteiger partial charge >= 0.3 is 0 Å². The number of nitrogens with zero attached hydrogens (tertiary/aromatic N) is 5. The predicted molar refractivity (Wildman–Crippen MR) is 158 cm³/mol. The number of carboxylic acids is 1. The number of aromatic nitrogens is 3. The molecule has 0 aromatic carbocycles. The zero-order valence-corrected chi connectivity index (χ0v) is 24.7. The number of nitrogens with two attached hydrogens (primary N) is 2. The van der Waals surface area contributed by atoms with E-state index in [1.165, 1.54) is 30.5 Å². The van der Waals surface area contributed by atoms with Gasteiger partial charge in [0.05, 0.1) is 23.8 Å². The average molecular weight is 636 g/mol. The van der Waals surface area contributed by atoms with Crippen LogP contribution in [0.3, 0.4) is 0 Å². The van der Waals surface area contributed by atoms with Gasteiger partial charge in [0.2, 0.25) is 0 Å². The highest BCUT2D eigenvalue weighted by Gasteiger charge is 2.53. The summed E-state index contributed by atoms with van der Waals surface area (Å²) in [7, 11) is 1.27. The number of hydrogen-bond donors (Lipinski definition) is 4. The molecule has 2 aliphatic rings. The van der Waals surface area contributed by atoms with Gasteiger partial charge in [-0.15, -0.1) is 23.1 Å². The molecule has 44 heavy (non-hydrogen) atoms. The molecule has 6 heterocycles. The first-order valence-electron chi connectivity index (χ1n) is 13.1. The first-order chi connectivity index (χ1) is 21.1. The van der Waals surface area contributed by atoms with Gasteiger partial charge < -0.3 is 40.5 Å². The summed E-state index contributed by atoms with van der Waals surface area (Å²) in [5, 5.41) is 28.3. The van der Waals surface area contributed by atoms with Crippen molar-refractivity contribution in [1.82, 2.24) is 19.8 Å². The van der Waals surface area contributed by atoms with E-state index in [2.05, 4.69) is 15.5 Å². The van der Waals surface area contributed by atoms with Gasteiger partial charge in [0.1, 0.15) is 47.6 Å². The van der Waals surface area contributed by atoms with Gasteiger partial charge in [-0.05, 0) is 12.1 Å². The Kier molecular flexibility index (Phi) is 7.56. The van der Waals surface area contributed by atoms with Gasteiger partial charge in [0.25, 0.3) is 11.8 Å². The van der Waals surface area contributed by atoms with Crippen molar-refractivity contribution in [3.8, 4) is 0 Å². The van der Waals surface area contributed by atoms with Crippen LogP contribution in [0.4, 0.5) is 5.13 Å². The molecule has 4 aromatic heterocycles. The molecular weight excluding hydrogens is 610 g/mol. The summed E-state index contributed by atoms with van der Waals surface area (Å²) in [5.74, 6) is -1.95. The number of rotatable bonds is 10. The first kappa shape index (κ1) is 28.9. The van der Waals surface area contributed by atoms with Crippen molar-refractivity contribution in [2.75, 3.05) is 18.6 Å². The Hall–Kier alpha value is -5.16. The number of amidine groups is 1. The van der Waals surface area contributed by atoms with Gasteiger partial charge in [-0.2, -0.15) is 4.57 Å². The van der Waals surface area contributed by atoms with Gasteiger partial charge in [0.15, 0.2) is 29.8 Å². The lowest BCUT2D eigenvalue weighted by atomic mass is 10.0. The van der Waals surface area contributed by atoms with E-state index in [0.29, 0.717) is 23.4 Å². The van der Waals surface area contributed by atoms with Crippen molar-refractivity contribution in [1.29, 1.82) is 5.41 Å². The third-order valence-electron chi connectivity index (χ3n) is 7.13. The largest absolute Gasteiger partial charge is 0.543 e. The molecule has 0 aliphatic carbocycles. The third kappa shape index (κ3) is 5.26. The standard InChI is InChI=1S/C27H25N9O6S2/c1-41-33-19(17-12-44-27(30)31-17)23(37)32-20-24(38)36-21(26(39)40)15(11-43-25(20)36)7-34-4-2-13-3-5-35(18(13)9-34)8-16-6-14(10-42-16)22(28)29/h2-6,9-10,12,20,25H,7-8,11H2,1H3,(H6-,28,29,30,31,32,37,39,40)/b33-19-/t20-,25-/m1/s1. The van der Waals surface area contributed by atoms with E-state index >= 15 is 0 Å². The lowest BCUT2D eigenvalue weighted by Crippen LogP contribution is -2.71. The molecule has 1 fully saturated rings. The zero-order valence-electron chi connectivity index (χ0n) is 23.1. The van der Waals surface area contributed by atoms with Crippen LogP contribution in [0.2, 0.25) is 0 Å². The van der Waals surface area contributed by atoms with E-state index in [1.54, 1.807) is 6.07 Å². The van der Waals surface area contributed by atoms with Crippen molar-refractivity contribution < 1.29 is 33.3 Å². The van der Waals surface area contributed by atoms with Crippen LogP contribution >= 0.6 is 23.1 Å². The molecule has 2 amide bonds. The number of nitrogen functional groups attached to an aromatic ring is 2. The van der Waals surface area contributed by atoms with Crippen molar-refractivity contribution in [2.24, 2.45) is 10.9 Å². The van der Waals surface area contributed by atoms with Crippen LogP contribution in [-0.2, 0) is 32.3 Å². The van der Waals surface area contributed by atoms with Crippen LogP contribution in [0.1, 0.15) is 17.0 Å². The summed E-state index contributed by atoms with van der Waals surface area (Å²) in [6.07, 6.45) is 7.04. The molecular formula is C27H25N9O6S2. The van der Waals surface area contributed by atoms with E-state index in [0.717, 1.165) is 27.1 Å². The fraction of sp³-hybridized carbons (Fsp3) is 0.222. The lowest BCUT2D eigenvalue weighted by Gasteiger charge is -2.50. The number of oxime groups is 1. The maximum atomic E-state index is 13.2. The summed E-state index contributed by atoms with van der Waals surface area (Å²) >= 11 is 2.45. The number of pyridine rings is 1. The van der Waals surface area contributed by atoms with Crippen molar-refractivity contribution in [3.63, 3.8) is 0 Å². The number of nitrogens with one attached hydrogen (secondary N) is 2. The molecule has 6 rings (SSSR count). The van der Waals surface area contributed by atoms with Crippen LogP contribution in [0.25, 0.3) is 10.9 Å². The van der Waals surface area contributed by atoms with Crippen LogP contribution < -0.4 is 26.5 Å². The molecule has 226 valence electrons. The fourth-order valence-corrected chi connectivity index (χ4v) is 6.97. The molecule has 6 N–H and O–H groups in total. The second kappa shape index (κ2) is 11.5. The number of furan rings is 1. The number of amides is 2. The summed E-state index contributed by atoms with van der Waals surface area (Å²) in [4.78, 5) is 48.5. The number of thiazole rings is 1. The van der Waals surface area contributed by atoms with Crippen LogP contribution in [-0.4, -0.2) is 68.1 Å². The van der Waals surface area contributed by atoms with Crippen LogP contribution in [0.15, 0.2) is 69.3 Å². The summed E-state index contributed by atoms with van der Waals surface area (Å²) in [6.45, 7) is 0.587. The minimum absolute atomic E-state index is 0.0832. The van der Waals surface area contributed by atoms with Crippen LogP contribution in [0, 0.1) is 5.41 Å². The van der Waals surface area contributed by atoms with E-state index in [9.17, 15) is 19.5 Å². The van der Waals surface area contributed by atoms with E-state index < -0.39 is 29.2 Å². The minimum Gasteiger partial charge on any atom is -0.543 e. The van der Waals surface area contributed by atoms with E-state index in [4.69, 9.17) is 26.1 Å². The molecule has 0 saturated carbocycles. The predicted octanol–water partition coefficient (Wildman–Crippen LogP) is -0.653. The van der Waals surface area contributed by atoms with Crippen molar-refractivity contribution >= 4 is 68.5 Å². The first-order valence-corrected chi connectivity index (χ1v) is 15.0. The Balaban J connectivity index is 1.21. The van der Waals surface area contributed by atoms with Gasteiger partial charge in [-0.1, -0.05) is 5.16 Å². The summed E-state index contributed by atoms with van der Waals surface area (Å²) in [6, 6.07) is 4.57. The molecule has 17 heteroatoms. The van der Waals surface area contributed by atoms with Crippen molar-refractivity contribution in [3.05, 3.63) is 76.7 Å². The van der Waals surface area contributed by atoms with Gasteiger partial charge in [-0.3, -0.25) is 19.9 Å². The van der Waals surface area contributed by atoms with Gasteiger partial charge in [0, 0.05) is 34.4 Å². The number of aliphatic carboxylic acids is 1. The molecule has 15 nitrogen and oxygen atoms in total. The van der Waals surface area contributed by atoms with E-state index in [-0.39, 0.29) is 40.4 Å². The number of carboxylic acid groups (broad SMARTS) is 1. The highest BCUT2D eigenvalue weighted by Crippen LogP contribution is 2.40. The Labute approximate surface area is 257 Å². The number of anilines is 1. The number of carbonyl (C=O) groups excluding carboxylic acids is 3. The lowest BCUT2D eigenvalue weighted by molar-refractivity contribution is -0.687. The van der Waals surface area contributed by atoms with Crippen LogP contribution in [0.5, 0.6) is 0 Å². The average Bonchev–Trinajstić information content (AvgIpc) is 3.75. The minimum atomic E-state index is -1.48. The van der Waals surface area contributed by atoms with Crippen molar-refractivity contribution in [2.45, 2.75) is 24.5 Å².